The van der Waals surface area contributed by atoms with E-state index in [9.17, 15) is 14.4 Å². The van der Waals surface area contributed by atoms with Gasteiger partial charge in [0.25, 0.3) is 11.8 Å². The van der Waals surface area contributed by atoms with E-state index >= 15 is 0 Å². The number of aromatic amines is 1. The summed E-state index contributed by atoms with van der Waals surface area (Å²) in [5, 5.41) is 13.6. The lowest BCUT2D eigenvalue weighted by molar-refractivity contribution is -0.135. The number of hydrogen-bond donors (Lipinski definition) is 5. The summed E-state index contributed by atoms with van der Waals surface area (Å²) in [6, 6.07) is 5.95. The number of ether oxygens (including phenoxy) is 1. The van der Waals surface area contributed by atoms with E-state index in [4.69, 9.17) is 15.6 Å². The van der Waals surface area contributed by atoms with Crippen LogP contribution in [0.2, 0.25) is 0 Å². The summed E-state index contributed by atoms with van der Waals surface area (Å²) in [7, 11) is 0. The van der Waals surface area contributed by atoms with Crippen molar-refractivity contribution in [2.24, 2.45) is 5.73 Å². The normalized spacial score (nSPS) is 9.96. The fourth-order valence-electron chi connectivity index (χ4n) is 2.03. The van der Waals surface area contributed by atoms with E-state index in [1.54, 1.807) is 6.07 Å². The van der Waals surface area contributed by atoms with Gasteiger partial charge >= 0.3 is 5.97 Å². The Balaban J connectivity index is 0.00000392. The Labute approximate surface area is 183 Å². The first-order chi connectivity index (χ1) is 12.8. The molecule has 0 spiro atoms. The van der Waals surface area contributed by atoms with Crippen molar-refractivity contribution < 1.29 is 24.2 Å². The van der Waals surface area contributed by atoms with E-state index < -0.39 is 24.3 Å². The molecule has 0 radical (unpaired) electrons. The van der Waals surface area contributed by atoms with Crippen molar-refractivity contribution in [2.45, 2.75) is 0 Å². The van der Waals surface area contributed by atoms with Crippen molar-refractivity contribution in [3.05, 3.63) is 44.6 Å². The molecule has 0 atom stereocenters. The van der Waals surface area contributed by atoms with Crippen LogP contribution in [0.15, 0.2) is 33.3 Å². The van der Waals surface area contributed by atoms with Crippen LogP contribution in [0.1, 0.15) is 20.8 Å². The first-order valence-corrected chi connectivity index (χ1v) is 9.22. The van der Waals surface area contributed by atoms with Gasteiger partial charge in [0.15, 0.2) is 0 Å². The number of nitrogens with one attached hydrogen (secondary N) is 3. The number of halogens is 3. The van der Waals surface area contributed by atoms with Crippen LogP contribution in [-0.4, -0.2) is 47.6 Å². The second-order valence-corrected chi connectivity index (χ2v) is 6.87. The van der Waals surface area contributed by atoms with Crippen LogP contribution in [0.25, 0.3) is 0 Å². The molecule has 0 saturated heterocycles. The molecule has 12 heteroatoms. The van der Waals surface area contributed by atoms with Crippen molar-refractivity contribution in [3.63, 3.8) is 0 Å². The Kier molecular flexibility index (Phi) is 9.46. The van der Waals surface area contributed by atoms with Gasteiger partial charge in [-0.05, 0) is 56.1 Å². The van der Waals surface area contributed by atoms with Crippen molar-refractivity contribution in [1.29, 1.82) is 0 Å². The number of H-pyrrole nitrogens is 1. The van der Waals surface area contributed by atoms with Crippen LogP contribution in [0.3, 0.4) is 0 Å². The molecule has 0 fully saturated rings. The van der Waals surface area contributed by atoms with Crippen LogP contribution >= 0.6 is 44.3 Å². The van der Waals surface area contributed by atoms with Crippen molar-refractivity contribution in [2.75, 3.05) is 25.0 Å². The maximum atomic E-state index is 12.4. The molecular weight excluding hydrogens is 523 g/mol. The number of benzene rings is 1. The molecule has 1 aromatic heterocycles. The quantitative estimate of drug-likeness (QED) is 0.347. The molecule has 1 aromatic carbocycles. The third kappa shape index (κ3) is 6.51. The van der Waals surface area contributed by atoms with Gasteiger partial charge in [-0.2, -0.15) is 0 Å². The minimum absolute atomic E-state index is 0. The topological polar surface area (TPSA) is 147 Å². The second kappa shape index (κ2) is 11.1. The molecule has 0 aliphatic rings. The number of hydrogen-bond acceptors (Lipinski definition) is 5. The highest BCUT2D eigenvalue weighted by atomic mass is 79.9. The summed E-state index contributed by atoms with van der Waals surface area (Å²) in [6.45, 7) is -0.102. The average Bonchev–Trinajstić information content (AvgIpc) is 2.97. The van der Waals surface area contributed by atoms with E-state index in [-0.39, 0.29) is 36.9 Å². The van der Waals surface area contributed by atoms with Gasteiger partial charge in [-0.1, -0.05) is 0 Å². The summed E-state index contributed by atoms with van der Waals surface area (Å²) in [5.41, 5.74) is 6.28. The van der Waals surface area contributed by atoms with Gasteiger partial charge in [-0.3, -0.25) is 14.4 Å². The van der Waals surface area contributed by atoms with E-state index in [0.717, 1.165) is 0 Å². The van der Waals surface area contributed by atoms with Crippen LogP contribution in [0.4, 0.5) is 5.69 Å². The molecule has 1 heterocycles. The van der Waals surface area contributed by atoms with Crippen molar-refractivity contribution in [1.82, 2.24) is 10.3 Å². The van der Waals surface area contributed by atoms with Crippen molar-refractivity contribution in [3.8, 4) is 5.75 Å². The first-order valence-electron chi connectivity index (χ1n) is 7.64. The molecule has 0 unspecified atom stereocenters. The monoisotopic (exact) mass is 538 g/mol. The average molecular weight is 541 g/mol. The number of carbonyl (C=O) groups is 3. The van der Waals surface area contributed by atoms with Gasteiger partial charge in [-0.15, -0.1) is 12.4 Å². The molecule has 2 amide bonds. The van der Waals surface area contributed by atoms with E-state index in [1.165, 1.54) is 18.2 Å². The lowest BCUT2D eigenvalue weighted by Gasteiger charge is -2.13. The maximum absolute atomic E-state index is 12.4. The molecule has 6 N–H and O–H groups in total. The summed E-state index contributed by atoms with van der Waals surface area (Å²) in [6.07, 6.45) is 0. The van der Waals surface area contributed by atoms with Gasteiger partial charge in [0.05, 0.1) is 14.8 Å². The molecule has 0 aliphatic carbocycles. The lowest BCUT2D eigenvalue weighted by Crippen LogP contribution is -2.29. The van der Waals surface area contributed by atoms with E-state index in [2.05, 4.69) is 47.5 Å². The van der Waals surface area contributed by atoms with E-state index in [0.29, 0.717) is 20.5 Å². The second-order valence-electron chi connectivity index (χ2n) is 5.22. The number of aliphatic carboxylic acids is 1. The zero-order valence-electron chi connectivity index (χ0n) is 14.3. The van der Waals surface area contributed by atoms with Crippen molar-refractivity contribution >= 4 is 67.7 Å². The molecule has 9 nitrogen and oxygen atoms in total. The number of amides is 2. The van der Waals surface area contributed by atoms with Gasteiger partial charge in [0.1, 0.15) is 24.6 Å². The minimum atomic E-state index is -1.16. The van der Waals surface area contributed by atoms with Crippen LogP contribution < -0.4 is 21.1 Å². The molecule has 2 aromatic rings. The van der Waals surface area contributed by atoms with Crippen LogP contribution in [0.5, 0.6) is 5.75 Å². The number of rotatable bonds is 8. The number of carbonyl (C=O) groups excluding carboxylic acids is 2. The van der Waals surface area contributed by atoms with E-state index in [1.807, 2.05) is 0 Å². The number of aromatic nitrogens is 1. The molecule has 0 saturated carbocycles. The standard InChI is InChI=1S/C16H16Br2N4O5.ClH/c17-9-6-11(21-14(9)18)16(26)22-10-2-1-8(5-12(10)27-4-3-19)15(25)20-7-13(23)24;/h1-2,5-6,21H,3-4,7,19H2,(H,20,25)(H,22,26)(H,23,24);1H. The minimum Gasteiger partial charge on any atom is -0.490 e. The molecule has 0 bridgehead atoms. The highest BCUT2D eigenvalue weighted by Gasteiger charge is 2.16. The molecular formula is C16H17Br2ClN4O5. The van der Waals surface area contributed by atoms with Gasteiger partial charge in [0, 0.05) is 12.1 Å². The number of nitrogens with two attached hydrogens (primary N) is 1. The number of carboxylic acids is 1. The summed E-state index contributed by atoms with van der Waals surface area (Å²) in [4.78, 5) is 37.8. The summed E-state index contributed by atoms with van der Waals surface area (Å²) < 4.78 is 6.82. The van der Waals surface area contributed by atoms with Crippen LogP contribution in [-0.2, 0) is 4.79 Å². The third-order valence-corrected chi connectivity index (χ3v) is 5.02. The Morgan fingerprint density at radius 2 is 1.89 bits per heavy atom. The SMILES string of the molecule is Cl.NCCOc1cc(C(=O)NCC(=O)O)ccc1NC(=O)c1cc(Br)c(Br)[nH]1. The molecule has 28 heavy (non-hydrogen) atoms. The highest BCUT2D eigenvalue weighted by Crippen LogP contribution is 2.28. The number of carboxylic acid groups (broad SMARTS) is 1. The zero-order chi connectivity index (χ0) is 20.0. The first kappa shape index (κ1) is 24.0. The zero-order valence-corrected chi connectivity index (χ0v) is 18.2. The summed E-state index contributed by atoms with van der Waals surface area (Å²) in [5.74, 6) is -1.91. The highest BCUT2D eigenvalue weighted by molar-refractivity contribution is 9.13. The molecule has 0 aliphatic heterocycles. The fraction of sp³-hybridized carbons (Fsp3) is 0.188. The Morgan fingerprint density at radius 3 is 2.46 bits per heavy atom. The predicted molar refractivity (Wildman–Crippen MR) is 112 cm³/mol. The van der Waals surface area contributed by atoms with Gasteiger partial charge in [0.2, 0.25) is 0 Å². The predicted octanol–water partition coefficient (Wildman–Crippen LogP) is 2.37. The summed E-state index contributed by atoms with van der Waals surface area (Å²) >= 11 is 6.55. The van der Waals surface area contributed by atoms with Gasteiger partial charge < -0.3 is 31.2 Å². The smallest absolute Gasteiger partial charge is 0.322 e. The third-order valence-electron chi connectivity index (χ3n) is 3.24. The molecule has 152 valence electrons. The number of anilines is 1. The fourth-order valence-corrected chi connectivity index (χ4v) is 2.69. The lowest BCUT2D eigenvalue weighted by atomic mass is 10.1. The largest absolute Gasteiger partial charge is 0.490 e. The van der Waals surface area contributed by atoms with Gasteiger partial charge in [-0.25, -0.2) is 0 Å². The maximum Gasteiger partial charge on any atom is 0.322 e. The Morgan fingerprint density at radius 1 is 1.18 bits per heavy atom. The van der Waals surface area contributed by atoms with Crippen LogP contribution in [0, 0.1) is 0 Å². The Bertz CT molecular complexity index is 855. The molecule has 2 rings (SSSR count). The Hall–Kier alpha value is -2.08.